The molecule has 0 aromatic heterocycles. The second-order valence-electron chi connectivity index (χ2n) is 5.98. The number of alkyl halides is 1. The largest absolute Gasteiger partial charge is 0.491 e. The van der Waals surface area contributed by atoms with Crippen molar-refractivity contribution in [1.29, 1.82) is 0 Å². The summed E-state index contributed by atoms with van der Waals surface area (Å²) in [6, 6.07) is 7.24. The van der Waals surface area contributed by atoms with Gasteiger partial charge in [-0.3, -0.25) is 4.79 Å². The van der Waals surface area contributed by atoms with Gasteiger partial charge in [-0.15, -0.1) is 11.6 Å². The van der Waals surface area contributed by atoms with Gasteiger partial charge in [0.1, 0.15) is 5.75 Å². The van der Waals surface area contributed by atoms with Crippen LogP contribution in [0.3, 0.4) is 0 Å². The van der Waals surface area contributed by atoms with Crippen LogP contribution in [0.25, 0.3) is 0 Å². The van der Waals surface area contributed by atoms with Gasteiger partial charge in [-0.25, -0.2) is 0 Å². The molecule has 0 spiro atoms. The maximum atomic E-state index is 12.1. The topological polar surface area (TPSA) is 38.3 Å². The minimum absolute atomic E-state index is 0.00343. The van der Waals surface area contributed by atoms with Crippen LogP contribution < -0.4 is 10.1 Å². The van der Waals surface area contributed by atoms with Crippen molar-refractivity contribution in [3.63, 3.8) is 0 Å². The van der Waals surface area contributed by atoms with E-state index >= 15 is 0 Å². The molecule has 20 heavy (non-hydrogen) atoms. The van der Waals surface area contributed by atoms with Crippen molar-refractivity contribution >= 4 is 17.5 Å². The van der Waals surface area contributed by atoms with Gasteiger partial charge in [0.15, 0.2) is 0 Å². The number of nitrogens with one attached hydrogen (secondary N) is 1. The fourth-order valence-corrected chi connectivity index (χ4v) is 2.26. The molecule has 1 amide bonds. The van der Waals surface area contributed by atoms with E-state index in [1.165, 1.54) is 0 Å². The first-order valence-corrected chi connectivity index (χ1v) is 7.48. The molecule has 0 aliphatic heterocycles. The molecule has 1 aromatic rings. The zero-order valence-electron chi connectivity index (χ0n) is 12.7. The maximum absolute atomic E-state index is 12.1. The summed E-state index contributed by atoms with van der Waals surface area (Å²) in [6.45, 7) is 8.71. The molecule has 0 bridgehead atoms. The van der Waals surface area contributed by atoms with Gasteiger partial charge >= 0.3 is 0 Å². The SMILES string of the molecule is CC(C)Oc1cccc(C(=O)NCC(C)(C)CCCl)c1. The summed E-state index contributed by atoms with van der Waals surface area (Å²) in [6.07, 6.45) is 0.960. The van der Waals surface area contributed by atoms with E-state index in [9.17, 15) is 4.79 Å². The van der Waals surface area contributed by atoms with Gasteiger partial charge in [0.2, 0.25) is 0 Å². The van der Waals surface area contributed by atoms with Gasteiger partial charge in [0.05, 0.1) is 6.10 Å². The van der Waals surface area contributed by atoms with E-state index in [0.717, 1.165) is 6.42 Å². The minimum Gasteiger partial charge on any atom is -0.491 e. The number of hydrogen-bond acceptors (Lipinski definition) is 2. The second-order valence-corrected chi connectivity index (χ2v) is 6.36. The van der Waals surface area contributed by atoms with Gasteiger partial charge in [-0.05, 0) is 43.9 Å². The summed E-state index contributed by atoms with van der Waals surface area (Å²) in [5.74, 6) is 1.23. The van der Waals surface area contributed by atoms with Crippen LogP contribution in [0.2, 0.25) is 0 Å². The van der Waals surface area contributed by atoms with Crippen LogP contribution in [0.4, 0.5) is 0 Å². The maximum Gasteiger partial charge on any atom is 0.251 e. The second kappa shape index (κ2) is 7.53. The highest BCUT2D eigenvalue weighted by molar-refractivity contribution is 6.17. The van der Waals surface area contributed by atoms with Crippen molar-refractivity contribution in [2.45, 2.75) is 40.2 Å². The van der Waals surface area contributed by atoms with Gasteiger partial charge < -0.3 is 10.1 Å². The molecule has 1 aromatic carbocycles. The van der Waals surface area contributed by atoms with Crippen LogP contribution in [0.1, 0.15) is 44.5 Å². The van der Waals surface area contributed by atoms with E-state index in [-0.39, 0.29) is 17.4 Å². The number of carbonyl (C=O) groups is 1. The summed E-state index contributed by atoms with van der Waals surface area (Å²) in [4.78, 5) is 12.1. The smallest absolute Gasteiger partial charge is 0.251 e. The van der Waals surface area contributed by atoms with E-state index < -0.39 is 0 Å². The number of hydrogen-bond donors (Lipinski definition) is 1. The zero-order chi connectivity index (χ0) is 15.2. The van der Waals surface area contributed by atoms with Crippen molar-refractivity contribution in [2.75, 3.05) is 12.4 Å². The fourth-order valence-electron chi connectivity index (χ4n) is 1.75. The van der Waals surface area contributed by atoms with E-state index in [2.05, 4.69) is 19.2 Å². The molecule has 0 fully saturated rings. The molecule has 4 heteroatoms. The van der Waals surface area contributed by atoms with Crippen LogP contribution in [0.15, 0.2) is 24.3 Å². The van der Waals surface area contributed by atoms with Crippen molar-refractivity contribution < 1.29 is 9.53 Å². The molecule has 1 N–H and O–H groups in total. The number of halogens is 1. The molecular weight excluding hydrogens is 274 g/mol. The lowest BCUT2D eigenvalue weighted by atomic mass is 9.90. The molecule has 0 saturated carbocycles. The third-order valence-electron chi connectivity index (χ3n) is 2.97. The molecule has 0 heterocycles. The first-order valence-electron chi connectivity index (χ1n) is 6.95. The van der Waals surface area contributed by atoms with Crippen LogP contribution in [0.5, 0.6) is 5.75 Å². The number of amides is 1. The Balaban J connectivity index is 2.63. The van der Waals surface area contributed by atoms with Crippen molar-refractivity contribution in [2.24, 2.45) is 5.41 Å². The van der Waals surface area contributed by atoms with Crippen LogP contribution in [-0.4, -0.2) is 24.4 Å². The summed E-state index contributed by atoms with van der Waals surface area (Å²) in [5.41, 5.74) is 0.619. The van der Waals surface area contributed by atoms with Gasteiger partial charge in [0.25, 0.3) is 5.91 Å². The van der Waals surface area contributed by atoms with E-state index in [4.69, 9.17) is 16.3 Å². The first kappa shape index (κ1) is 16.8. The molecule has 0 aliphatic carbocycles. The number of rotatable bonds is 7. The van der Waals surface area contributed by atoms with E-state index in [1.54, 1.807) is 12.1 Å². The Morgan fingerprint density at radius 3 is 2.70 bits per heavy atom. The number of benzene rings is 1. The third kappa shape index (κ3) is 5.83. The fraction of sp³-hybridized carbons (Fsp3) is 0.562. The molecular formula is C16H24ClNO2. The Kier molecular flexibility index (Phi) is 6.34. The number of ether oxygens (including phenoxy) is 1. The average molecular weight is 298 g/mol. The van der Waals surface area contributed by atoms with Crippen molar-refractivity contribution in [3.05, 3.63) is 29.8 Å². The standard InChI is InChI=1S/C16H24ClNO2/c1-12(2)20-14-7-5-6-13(10-14)15(19)18-11-16(3,4)8-9-17/h5-7,10,12H,8-9,11H2,1-4H3,(H,18,19). The summed E-state index contributed by atoms with van der Waals surface area (Å²) < 4.78 is 5.59. The molecule has 1 rings (SSSR count). The van der Waals surface area contributed by atoms with Crippen molar-refractivity contribution in [3.8, 4) is 5.75 Å². The molecule has 0 saturated heterocycles. The Morgan fingerprint density at radius 2 is 2.10 bits per heavy atom. The van der Waals surface area contributed by atoms with Gasteiger partial charge in [-0.1, -0.05) is 19.9 Å². The highest BCUT2D eigenvalue weighted by atomic mass is 35.5. The lowest BCUT2D eigenvalue weighted by molar-refractivity contribution is 0.0935. The van der Waals surface area contributed by atoms with Gasteiger partial charge in [0, 0.05) is 18.0 Å². The molecule has 0 aliphatic rings. The molecule has 3 nitrogen and oxygen atoms in total. The Morgan fingerprint density at radius 1 is 1.40 bits per heavy atom. The number of carbonyl (C=O) groups excluding carboxylic acids is 1. The summed E-state index contributed by atoms with van der Waals surface area (Å²) in [5, 5.41) is 2.95. The third-order valence-corrected chi connectivity index (χ3v) is 3.16. The molecule has 0 atom stereocenters. The zero-order valence-corrected chi connectivity index (χ0v) is 13.5. The van der Waals surface area contributed by atoms with E-state index in [1.807, 2.05) is 26.0 Å². The van der Waals surface area contributed by atoms with Gasteiger partial charge in [-0.2, -0.15) is 0 Å². The quantitative estimate of drug-likeness (QED) is 0.776. The predicted octanol–water partition coefficient (Wildman–Crippen LogP) is 3.86. The monoisotopic (exact) mass is 297 g/mol. The summed E-state index contributed by atoms with van der Waals surface area (Å²) in [7, 11) is 0. The minimum atomic E-state index is -0.0816. The lowest BCUT2D eigenvalue weighted by Crippen LogP contribution is -2.34. The Bertz CT molecular complexity index is 444. The summed E-state index contributed by atoms with van der Waals surface area (Å²) >= 11 is 5.76. The van der Waals surface area contributed by atoms with E-state index in [0.29, 0.717) is 23.7 Å². The average Bonchev–Trinajstić information content (AvgIpc) is 2.35. The Labute approximate surface area is 126 Å². The Hall–Kier alpha value is -1.22. The lowest BCUT2D eigenvalue weighted by Gasteiger charge is -2.23. The predicted molar refractivity (Wildman–Crippen MR) is 83.7 cm³/mol. The molecule has 0 unspecified atom stereocenters. The first-order chi connectivity index (χ1) is 9.34. The van der Waals surface area contributed by atoms with Crippen LogP contribution in [-0.2, 0) is 0 Å². The van der Waals surface area contributed by atoms with Crippen molar-refractivity contribution in [1.82, 2.24) is 5.32 Å². The molecule has 112 valence electrons. The van der Waals surface area contributed by atoms with Crippen LogP contribution >= 0.6 is 11.6 Å². The normalized spacial score (nSPS) is 11.5. The highest BCUT2D eigenvalue weighted by Gasteiger charge is 2.18. The highest BCUT2D eigenvalue weighted by Crippen LogP contribution is 2.20. The van der Waals surface area contributed by atoms with Crippen LogP contribution in [0, 0.1) is 5.41 Å². The molecule has 0 radical (unpaired) electrons.